The van der Waals surface area contributed by atoms with E-state index in [1.165, 1.54) is 19.4 Å². The zero-order chi connectivity index (χ0) is 19.9. The molecule has 28 heavy (non-hydrogen) atoms. The zero-order valence-corrected chi connectivity index (χ0v) is 18.0. The zero-order valence-electron chi connectivity index (χ0n) is 16.5. The number of ether oxygens (including phenoxy) is 2. The molecule has 3 rings (SSSR count). The van der Waals surface area contributed by atoms with E-state index in [9.17, 15) is 0 Å². The van der Waals surface area contributed by atoms with E-state index in [4.69, 9.17) is 32.7 Å². The van der Waals surface area contributed by atoms with E-state index < -0.39 is 0 Å². The van der Waals surface area contributed by atoms with Gasteiger partial charge in [-0.3, -0.25) is 4.90 Å². The third-order valence-corrected chi connectivity index (χ3v) is 5.69. The van der Waals surface area contributed by atoms with Gasteiger partial charge in [0.05, 0.1) is 12.1 Å². The van der Waals surface area contributed by atoms with Crippen molar-refractivity contribution in [2.75, 3.05) is 26.7 Å². The highest BCUT2D eigenvalue weighted by molar-refractivity contribution is 6.32. The summed E-state index contributed by atoms with van der Waals surface area (Å²) in [5, 5.41) is 4.79. The van der Waals surface area contributed by atoms with Crippen molar-refractivity contribution in [1.82, 2.24) is 10.2 Å². The number of methoxy groups -OCH3 is 1. The Morgan fingerprint density at radius 1 is 1.18 bits per heavy atom. The third kappa shape index (κ3) is 5.54. The maximum absolute atomic E-state index is 6.50. The fraction of sp³-hybridized carbons (Fsp3) is 0.455. The highest BCUT2D eigenvalue weighted by Crippen LogP contribution is 2.37. The first kappa shape index (κ1) is 21.3. The lowest BCUT2D eigenvalue weighted by Gasteiger charge is -2.23. The SMILES string of the molecule is CCN1CCC[C@@H]1CNCc1cc(Cl)c(OCc2cccc(Cl)c2)c(OC)c1. The lowest BCUT2D eigenvalue weighted by molar-refractivity contribution is 0.260. The van der Waals surface area contributed by atoms with Crippen LogP contribution in [0, 0.1) is 0 Å². The lowest BCUT2D eigenvalue weighted by atomic mass is 10.1. The van der Waals surface area contributed by atoms with Gasteiger partial charge >= 0.3 is 0 Å². The largest absolute Gasteiger partial charge is 0.493 e. The number of hydrogen-bond donors (Lipinski definition) is 1. The van der Waals surface area contributed by atoms with Crippen LogP contribution in [0.15, 0.2) is 36.4 Å². The van der Waals surface area contributed by atoms with E-state index >= 15 is 0 Å². The van der Waals surface area contributed by atoms with Crippen molar-refractivity contribution >= 4 is 23.2 Å². The van der Waals surface area contributed by atoms with Gasteiger partial charge in [-0.25, -0.2) is 0 Å². The van der Waals surface area contributed by atoms with Gasteiger partial charge in [-0.1, -0.05) is 42.3 Å². The highest BCUT2D eigenvalue weighted by atomic mass is 35.5. The molecule has 2 aromatic carbocycles. The van der Waals surface area contributed by atoms with Crippen LogP contribution in [0.1, 0.15) is 30.9 Å². The average Bonchev–Trinajstić information content (AvgIpc) is 3.14. The molecule has 0 aromatic heterocycles. The Balaban J connectivity index is 1.60. The fourth-order valence-electron chi connectivity index (χ4n) is 3.72. The summed E-state index contributed by atoms with van der Waals surface area (Å²) in [6.45, 7) is 6.67. The first-order valence-electron chi connectivity index (χ1n) is 9.79. The van der Waals surface area contributed by atoms with Crippen molar-refractivity contribution < 1.29 is 9.47 Å². The summed E-state index contributed by atoms with van der Waals surface area (Å²) >= 11 is 12.5. The predicted octanol–water partition coefficient (Wildman–Crippen LogP) is 5.15. The van der Waals surface area contributed by atoms with Crippen molar-refractivity contribution in [3.05, 3.63) is 57.6 Å². The summed E-state index contributed by atoms with van der Waals surface area (Å²) in [5.74, 6) is 1.20. The topological polar surface area (TPSA) is 33.7 Å². The van der Waals surface area contributed by atoms with E-state index in [1.807, 2.05) is 36.4 Å². The summed E-state index contributed by atoms with van der Waals surface area (Å²) in [5.41, 5.74) is 2.06. The molecule has 1 aliphatic heterocycles. The van der Waals surface area contributed by atoms with Crippen LogP contribution >= 0.6 is 23.2 Å². The van der Waals surface area contributed by atoms with Gasteiger partial charge in [0.25, 0.3) is 0 Å². The van der Waals surface area contributed by atoms with Gasteiger partial charge in [0.2, 0.25) is 0 Å². The molecule has 1 atom stereocenters. The molecule has 4 nitrogen and oxygen atoms in total. The van der Waals surface area contributed by atoms with Crippen molar-refractivity contribution in [1.29, 1.82) is 0 Å². The van der Waals surface area contributed by atoms with Gasteiger partial charge in [-0.05, 0) is 61.3 Å². The van der Waals surface area contributed by atoms with Gasteiger partial charge in [0.15, 0.2) is 11.5 Å². The second-order valence-electron chi connectivity index (χ2n) is 7.08. The standard InChI is InChI=1S/C22H28Cl2N2O2/c1-3-26-9-5-8-19(26)14-25-13-17-11-20(24)22(21(12-17)27-2)28-15-16-6-4-7-18(23)10-16/h4,6-7,10-12,19,25H,3,5,8-9,13-15H2,1-2H3/t19-/m1/s1. The van der Waals surface area contributed by atoms with Crippen LogP contribution in [0.3, 0.4) is 0 Å². The molecule has 0 amide bonds. The normalized spacial score (nSPS) is 17.1. The van der Waals surface area contributed by atoms with Crippen molar-refractivity contribution in [2.45, 2.75) is 39.0 Å². The Kier molecular flexibility index (Phi) is 7.86. The molecule has 152 valence electrons. The summed E-state index contributed by atoms with van der Waals surface area (Å²) in [4.78, 5) is 2.54. The fourth-order valence-corrected chi connectivity index (χ4v) is 4.22. The average molecular weight is 423 g/mol. The van der Waals surface area contributed by atoms with Gasteiger partial charge in [0.1, 0.15) is 6.61 Å². The molecule has 0 aliphatic carbocycles. The number of rotatable bonds is 9. The molecular weight excluding hydrogens is 395 g/mol. The molecule has 0 bridgehead atoms. The number of likely N-dealkylation sites (N-methyl/N-ethyl adjacent to an activating group) is 1. The summed E-state index contributed by atoms with van der Waals surface area (Å²) in [6, 6.07) is 12.1. The van der Waals surface area contributed by atoms with Crippen molar-refractivity contribution in [3.63, 3.8) is 0 Å². The van der Waals surface area contributed by atoms with E-state index in [1.54, 1.807) is 7.11 Å². The van der Waals surface area contributed by atoms with Gasteiger partial charge in [0, 0.05) is 24.2 Å². The summed E-state index contributed by atoms with van der Waals surface area (Å²) in [6.07, 6.45) is 2.56. The van der Waals surface area contributed by atoms with Gasteiger partial charge < -0.3 is 14.8 Å². The second-order valence-corrected chi connectivity index (χ2v) is 7.93. The van der Waals surface area contributed by atoms with E-state index in [-0.39, 0.29) is 0 Å². The van der Waals surface area contributed by atoms with Crippen LogP contribution < -0.4 is 14.8 Å². The molecule has 0 spiro atoms. The molecule has 1 N–H and O–H groups in total. The van der Waals surface area contributed by atoms with Crippen LogP contribution in [-0.4, -0.2) is 37.7 Å². The lowest BCUT2D eigenvalue weighted by Crippen LogP contribution is -2.37. The van der Waals surface area contributed by atoms with Crippen LogP contribution in [0.4, 0.5) is 0 Å². The molecule has 1 fully saturated rings. The van der Waals surface area contributed by atoms with Gasteiger partial charge in [-0.2, -0.15) is 0 Å². The van der Waals surface area contributed by atoms with E-state index in [0.717, 1.165) is 30.8 Å². The highest BCUT2D eigenvalue weighted by Gasteiger charge is 2.22. The minimum absolute atomic E-state index is 0.378. The van der Waals surface area contributed by atoms with E-state index in [0.29, 0.717) is 34.2 Å². The molecule has 1 heterocycles. The molecule has 0 saturated carbocycles. The molecule has 0 unspecified atom stereocenters. The Morgan fingerprint density at radius 3 is 2.79 bits per heavy atom. The second kappa shape index (κ2) is 10.4. The minimum Gasteiger partial charge on any atom is -0.493 e. The molecule has 0 radical (unpaired) electrons. The number of benzene rings is 2. The molecule has 1 saturated heterocycles. The maximum Gasteiger partial charge on any atom is 0.180 e. The van der Waals surface area contributed by atoms with E-state index in [2.05, 4.69) is 17.1 Å². The number of hydrogen-bond acceptors (Lipinski definition) is 4. The Labute approximate surface area is 177 Å². The third-order valence-electron chi connectivity index (χ3n) is 5.18. The smallest absolute Gasteiger partial charge is 0.180 e. The van der Waals surface area contributed by atoms with Crippen molar-refractivity contribution in [3.8, 4) is 11.5 Å². The van der Waals surface area contributed by atoms with Crippen LogP contribution in [0.5, 0.6) is 11.5 Å². The molecular formula is C22H28Cl2N2O2. The molecule has 2 aromatic rings. The van der Waals surface area contributed by atoms with Crippen LogP contribution in [0.25, 0.3) is 0 Å². The number of nitrogens with one attached hydrogen (secondary N) is 1. The Bertz CT molecular complexity index is 785. The summed E-state index contributed by atoms with van der Waals surface area (Å²) < 4.78 is 11.4. The van der Waals surface area contributed by atoms with Crippen LogP contribution in [-0.2, 0) is 13.2 Å². The quantitative estimate of drug-likeness (QED) is 0.605. The molecule has 6 heteroatoms. The minimum atomic E-state index is 0.378. The van der Waals surface area contributed by atoms with Gasteiger partial charge in [-0.15, -0.1) is 0 Å². The number of halogens is 2. The first-order chi connectivity index (χ1) is 13.6. The first-order valence-corrected chi connectivity index (χ1v) is 10.5. The predicted molar refractivity (Wildman–Crippen MR) is 116 cm³/mol. The Morgan fingerprint density at radius 2 is 2.04 bits per heavy atom. The van der Waals surface area contributed by atoms with Crippen molar-refractivity contribution in [2.24, 2.45) is 0 Å². The molecule has 1 aliphatic rings. The van der Waals surface area contributed by atoms with Crippen LogP contribution in [0.2, 0.25) is 10.0 Å². The summed E-state index contributed by atoms with van der Waals surface area (Å²) in [7, 11) is 1.63. The number of likely N-dealkylation sites (tertiary alicyclic amines) is 1. The maximum atomic E-state index is 6.50. The number of nitrogens with zero attached hydrogens (tertiary/aromatic N) is 1. The monoisotopic (exact) mass is 422 g/mol. The Hall–Kier alpha value is -1.46.